The van der Waals surface area contributed by atoms with Crippen LogP contribution < -0.4 is 10.5 Å². The molecule has 0 bridgehead atoms. The standard InChI is InChI=1S/C18H32ClN5O2SSi/c1-18(2,3)27(25)23-15(9-20)13-10-21-17(19)14-11-22-24(16(13)14)12-26-7-8-28(4,5)6/h10-11,15,23H,7-9,12,20H2,1-6H3/t15-,27+/m1/s1. The van der Waals surface area contributed by atoms with Crippen LogP contribution in [0.25, 0.3) is 10.9 Å². The summed E-state index contributed by atoms with van der Waals surface area (Å²) in [6, 6.07) is 0.739. The lowest BCUT2D eigenvalue weighted by atomic mass is 10.1. The maximum atomic E-state index is 12.6. The summed E-state index contributed by atoms with van der Waals surface area (Å²) in [7, 11) is -2.43. The molecule has 0 aliphatic carbocycles. The molecule has 0 aliphatic rings. The number of nitrogens with two attached hydrogens (primary N) is 1. The molecule has 0 aliphatic heterocycles. The fraction of sp³-hybridized carbons (Fsp3) is 0.667. The van der Waals surface area contributed by atoms with Gasteiger partial charge in [-0.05, 0) is 26.8 Å². The number of halogens is 1. The second kappa shape index (κ2) is 9.31. The molecular weight excluding hydrogens is 414 g/mol. The molecule has 0 amide bonds. The molecule has 7 nitrogen and oxygen atoms in total. The number of hydrogen-bond donors (Lipinski definition) is 2. The molecule has 2 aromatic rings. The van der Waals surface area contributed by atoms with Crippen LogP contribution in [0.2, 0.25) is 30.8 Å². The highest BCUT2D eigenvalue weighted by molar-refractivity contribution is 7.84. The number of pyridine rings is 1. The maximum absolute atomic E-state index is 12.6. The molecule has 0 saturated carbocycles. The highest BCUT2D eigenvalue weighted by Crippen LogP contribution is 2.29. The second-order valence-corrected chi connectivity index (χ2v) is 17.0. The van der Waals surface area contributed by atoms with Crippen molar-refractivity contribution < 1.29 is 8.95 Å². The summed E-state index contributed by atoms with van der Waals surface area (Å²) in [6.45, 7) is 14.0. The van der Waals surface area contributed by atoms with Crippen LogP contribution in [0.1, 0.15) is 32.4 Å². The molecule has 28 heavy (non-hydrogen) atoms. The lowest BCUT2D eigenvalue weighted by Crippen LogP contribution is -2.38. The molecular formula is C18H32ClN5O2SSi. The monoisotopic (exact) mass is 445 g/mol. The van der Waals surface area contributed by atoms with Crippen molar-refractivity contribution >= 4 is 41.6 Å². The molecule has 2 heterocycles. The van der Waals surface area contributed by atoms with Crippen LogP contribution in [0, 0.1) is 0 Å². The van der Waals surface area contributed by atoms with E-state index in [4.69, 9.17) is 22.1 Å². The van der Waals surface area contributed by atoms with E-state index in [0.717, 1.165) is 22.5 Å². The molecule has 3 N–H and O–H groups in total. The van der Waals surface area contributed by atoms with E-state index in [9.17, 15) is 4.21 Å². The Hall–Kier alpha value is -0.843. The van der Waals surface area contributed by atoms with E-state index in [0.29, 0.717) is 18.5 Å². The average Bonchev–Trinajstić information content (AvgIpc) is 3.00. The van der Waals surface area contributed by atoms with Gasteiger partial charge in [-0.2, -0.15) is 5.10 Å². The summed E-state index contributed by atoms with van der Waals surface area (Å²) in [5.41, 5.74) is 7.62. The number of aromatic nitrogens is 3. The van der Waals surface area contributed by atoms with Gasteiger partial charge in [-0.25, -0.2) is 18.6 Å². The van der Waals surface area contributed by atoms with Gasteiger partial charge in [0, 0.05) is 33.0 Å². The first-order chi connectivity index (χ1) is 12.9. The van der Waals surface area contributed by atoms with Crippen molar-refractivity contribution in [3.8, 4) is 0 Å². The summed E-state index contributed by atoms with van der Waals surface area (Å²) in [5.74, 6) is 0. The minimum absolute atomic E-state index is 0.266. The van der Waals surface area contributed by atoms with Crippen LogP contribution in [0.5, 0.6) is 0 Å². The Kier molecular flexibility index (Phi) is 7.80. The Morgan fingerprint density at radius 1 is 1.36 bits per heavy atom. The van der Waals surface area contributed by atoms with Gasteiger partial charge in [-0.15, -0.1) is 0 Å². The molecule has 0 unspecified atom stereocenters. The summed E-state index contributed by atoms with van der Waals surface area (Å²) in [5, 5.41) is 5.54. The molecule has 2 aromatic heterocycles. The summed E-state index contributed by atoms with van der Waals surface area (Å²) in [4.78, 5) is 4.27. The topological polar surface area (TPSA) is 95.1 Å². The van der Waals surface area contributed by atoms with Crippen molar-refractivity contribution in [1.82, 2.24) is 19.5 Å². The number of nitrogens with one attached hydrogen (secondary N) is 1. The Labute approximate surface area is 176 Å². The maximum Gasteiger partial charge on any atom is 0.140 e. The molecule has 158 valence electrons. The van der Waals surface area contributed by atoms with Crippen molar-refractivity contribution in [1.29, 1.82) is 0 Å². The fourth-order valence-corrected chi connectivity index (χ4v) is 4.30. The van der Waals surface area contributed by atoms with Crippen LogP contribution in [-0.2, 0) is 22.5 Å². The van der Waals surface area contributed by atoms with E-state index < -0.39 is 23.8 Å². The van der Waals surface area contributed by atoms with Gasteiger partial charge in [0.1, 0.15) is 11.9 Å². The Morgan fingerprint density at radius 3 is 2.61 bits per heavy atom. The van der Waals surface area contributed by atoms with Crippen LogP contribution >= 0.6 is 11.6 Å². The predicted molar refractivity (Wildman–Crippen MR) is 119 cm³/mol. The normalized spacial score (nSPS) is 15.1. The summed E-state index contributed by atoms with van der Waals surface area (Å²) in [6.07, 6.45) is 3.36. The minimum atomic E-state index is -1.27. The SMILES string of the molecule is CC(C)(C)[S@](=O)N[C@H](CN)c1cnc(Cl)c2cnn(COCC[Si](C)(C)C)c12. The molecule has 10 heteroatoms. The van der Waals surface area contributed by atoms with Gasteiger partial charge in [0.25, 0.3) is 0 Å². The van der Waals surface area contributed by atoms with Crippen molar-refractivity contribution in [2.45, 2.75) is 64.0 Å². The Balaban J connectivity index is 2.31. The molecule has 0 saturated heterocycles. The van der Waals surface area contributed by atoms with E-state index in [2.05, 4.69) is 34.4 Å². The Bertz CT molecular complexity index is 832. The van der Waals surface area contributed by atoms with E-state index >= 15 is 0 Å². The van der Waals surface area contributed by atoms with Crippen molar-refractivity contribution in [3.63, 3.8) is 0 Å². The van der Waals surface area contributed by atoms with E-state index in [1.807, 2.05) is 20.8 Å². The molecule has 0 radical (unpaired) electrons. The molecule has 2 atom stereocenters. The largest absolute Gasteiger partial charge is 0.360 e. The average molecular weight is 446 g/mol. The second-order valence-electron chi connectivity index (χ2n) is 9.05. The van der Waals surface area contributed by atoms with Gasteiger partial charge < -0.3 is 10.5 Å². The van der Waals surface area contributed by atoms with Crippen molar-refractivity contribution in [2.75, 3.05) is 13.2 Å². The number of fused-ring (bicyclic) bond motifs is 1. The lowest BCUT2D eigenvalue weighted by Gasteiger charge is -2.24. The number of nitrogens with zero attached hydrogens (tertiary/aromatic N) is 3. The van der Waals surface area contributed by atoms with Crippen molar-refractivity contribution in [2.24, 2.45) is 5.73 Å². The third-order valence-corrected chi connectivity index (χ3v) is 7.89. The van der Waals surface area contributed by atoms with Crippen LogP contribution in [0.3, 0.4) is 0 Å². The number of hydrogen-bond acceptors (Lipinski definition) is 5. The fourth-order valence-electron chi connectivity index (χ4n) is 2.52. The number of ether oxygens (including phenoxy) is 1. The number of rotatable bonds is 9. The first kappa shape index (κ1) is 23.4. The van der Waals surface area contributed by atoms with Gasteiger partial charge in [0.05, 0.1) is 38.9 Å². The van der Waals surface area contributed by atoms with Gasteiger partial charge >= 0.3 is 0 Å². The quantitative estimate of drug-likeness (QED) is 0.350. The molecule has 0 aromatic carbocycles. The van der Waals surface area contributed by atoms with Gasteiger partial charge in [0.2, 0.25) is 0 Å². The zero-order chi connectivity index (χ0) is 21.1. The smallest absolute Gasteiger partial charge is 0.140 e. The highest BCUT2D eigenvalue weighted by atomic mass is 35.5. The highest BCUT2D eigenvalue weighted by Gasteiger charge is 2.26. The van der Waals surface area contributed by atoms with Gasteiger partial charge in [-0.3, -0.25) is 0 Å². The van der Waals surface area contributed by atoms with Crippen LogP contribution in [-0.4, -0.2) is 44.9 Å². The van der Waals surface area contributed by atoms with Gasteiger partial charge in [0.15, 0.2) is 0 Å². The summed E-state index contributed by atoms with van der Waals surface area (Å²) >= 11 is 6.28. The third kappa shape index (κ3) is 6.08. The molecule has 0 spiro atoms. The summed E-state index contributed by atoms with van der Waals surface area (Å²) < 4.78 is 22.9. The van der Waals surface area contributed by atoms with E-state index in [1.165, 1.54) is 0 Å². The molecule has 2 rings (SSSR count). The van der Waals surface area contributed by atoms with Crippen LogP contribution in [0.15, 0.2) is 12.4 Å². The van der Waals surface area contributed by atoms with Crippen LogP contribution in [0.4, 0.5) is 0 Å². The first-order valence-electron chi connectivity index (χ1n) is 9.40. The van der Waals surface area contributed by atoms with Crippen molar-refractivity contribution in [3.05, 3.63) is 23.1 Å². The predicted octanol–water partition coefficient (Wildman–Crippen LogP) is 3.45. The zero-order valence-electron chi connectivity index (χ0n) is 17.6. The zero-order valence-corrected chi connectivity index (χ0v) is 20.2. The Morgan fingerprint density at radius 2 is 2.04 bits per heavy atom. The lowest BCUT2D eigenvalue weighted by molar-refractivity contribution is 0.0815. The third-order valence-electron chi connectivity index (χ3n) is 4.28. The van der Waals surface area contributed by atoms with E-state index in [-0.39, 0.29) is 12.6 Å². The first-order valence-corrected chi connectivity index (χ1v) is 14.6. The minimum Gasteiger partial charge on any atom is -0.360 e. The van der Waals surface area contributed by atoms with Gasteiger partial charge in [-0.1, -0.05) is 31.2 Å². The van der Waals surface area contributed by atoms with E-state index in [1.54, 1.807) is 17.1 Å². The molecule has 0 fully saturated rings.